The van der Waals surface area contributed by atoms with Crippen LogP contribution in [0.3, 0.4) is 0 Å². The molecule has 7 heteroatoms. The van der Waals surface area contributed by atoms with Crippen LogP contribution in [0.15, 0.2) is 18.2 Å². The molecule has 0 spiro atoms. The van der Waals surface area contributed by atoms with E-state index in [9.17, 15) is 9.59 Å². The molecule has 3 rings (SSSR count). The molecular formula is C24H30ClNO4S. The van der Waals surface area contributed by atoms with Crippen LogP contribution in [-0.2, 0) is 22.4 Å². The number of hydrogen-bond donors (Lipinski definition) is 1. The second-order valence-corrected chi connectivity index (χ2v) is 9.96. The maximum atomic E-state index is 12.7. The van der Waals surface area contributed by atoms with E-state index in [1.165, 1.54) is 16.2 Å². The number of thiophene rings is 1. The highest BCUT2D eigenvalue weighted by Crippen LogP contribution is 2.40. The van der Waals surface area contributed by atoms with E-state index in [0.29, 0.717) is 41.0 Å². The SMILES string of the molecule is Cc1cc(Cl)ccc1OCCCC(=O)Nc1sc2c(c1C(=O)OC(C)C)CCC(C)C2. The van der Waals surface area contributed by atoms with Crippen molar-refractivity contribution in [1.29, 1.82) is 0 Å². The number of aryl methyl sites for hydroxylation is 1. The lowest BCUT2D eigenvalue weighted by Crippen LogP contribution is -2.18. The number of ether oxygens (including phenoxy) is 2. The molecule has 0 radical (unpaired) electrons. The summed E-state index contributed by atoms with van der Waals surface area (Å²) in [7, 11) is 0. The Hall–Kier alpha value is -2.05. The molecule has 0 aliphatic heterocycles. The highest BCUT2D eigenvalue weighted by molar-refractivity contribution is 7.17. The minimum Gasteiger partial charge on any atom is -0.493 e. The van der Waals surface area contributed by atoms with Crippen molar-refractivity contribution in [3.63, 3.8) is 0 Å². The zero-order chi connectivity index (χ0) is 22.5. The number of rotatable bonds is 8. The molecule has 1 atom stereocenters. The molecule has 31 heavy (non-hydrogen) atoms. The zero-order valence-corrected chi connectivity index (χ0v) is 20.1. The molecule has 0 bridgehead atoms. The maximum Gasteiger partial charge on any atom is 0.341 e. The molecule has 1 amide bonds. The van der Waals surface area contributed by atoms with Gasteiger partial charge >= 0.3 is 5.97 Å². The number of anilines is 1. The van der Waals surface area contributed by atoms with E-state index >= 15 is 0 Å². The largest absolute Gasteiger partial charge is 0.493 e. The fraction of sp³-hybridized carbons (Fsp3) is 0.500. The molecule has 1 heterocycles. The van der Waals surface area contributed by atoms with E-state index in [1.54, 1.807) is 6.07 Å². The number of carbonyl (C=O) groups is 2. The van der Waals surface area contributed by atoms with Crippen molar-refractivity contribution < 1.29 is 19.1 Å². The maximum absolute atomic E-state index is 12.7. The first-order chi connectivity index (χ1) is 14.7. The van der Waals surface area contributed by atoms with Crippen LogP contribution in [0.1, 0.15) is 66.4 Å². The summed E-state index contributed by atoms with van der Waals surface area (Å²) in [5.41, 5.74) is 2.55. The molecule has 1 N–H and O–H groups in total. The molecular weight excluding hydrogens is 434 g/mol. The van der Waals surface area contributed by atoms with Gasteiger partial charge in [0.25, 0.3) is 0 Å². The van der Waals surface area contributed by atoms with Crippen LogP contribution in [0.25, 0.3) is 0 Å². The predicted molar refractivity (Wildman–Crippen MR) is 126 cm³/mol. The number of hydrogen-bond acceptors (Lipinski definition) is 5. The fourth-order valence-corrected chi connectivity index (χ4v) is 5.35. The second kappa shape index (κ2) is 10.5. The highest BCUT2D eigenvalue weighted by Gasteiger charge is 2.29. The molecule has 5 nitrogen and oxygen atoms in total. The van der Waals surface area contributed by atoms with E-state index in [1.807, 2.05) is 32.9 Å². The van der Waals surface area contributed by atoms with E-state index in [4.69, 9.17) is 21.1 Å². The average Bonchev–Trinajstić information content (AvgIpc) is 3.02. The van der Waals surface area contributed by atoms with Gasteiger partial charge in [0, 0.05) is 16.3 Å². The van der Waals surface area contributed by atoms with Gasteiger partial charge in [-0.15, -0.1) is 11.3 Å². The summed E-state index contributed by atoms with van der Waals surface area (Å²) in [5, 5.41) is 4.25. The summed E-state index contributed by atoms with van der Waals surface area (Å²) in [6.45, 7) is 8.25. The van der Waals surface area contributed by atoms with Crippen molar-refractivity contribution in [2.45, 2.75) is 65.9 Å². The first-order valence-electron chi connectivity index (χ1n) is 10.8. The van der Waals surface area contributed by atoms with Crippen molar-refractivity contribution in [1.82, 2.24) is 0 Å². The summed E-state index contributed by atoms with van der Waals surface area (Å²) in [4.78, 5) is 26.5. The first-order valence-corrected chi connectivity index (χ1v) is 12.0. The Balaban J connectivity index is 1.61. The van der Waals surface area contributed by atoms with Crippen molar-refractivity contribution >= 4 is 39.8 Å². The Labute approximate surface area is 193 Å². The van der Waals surface area contributed by atoms with E-state index in [-0.39, 0.29) is 18.0 Å². The van der Waals surface area contributed by atoms with Crippen molar-refractivity contribution in [2.75, 3.05) is 11.9 Å². The summed E-state index contributed by atoms with van der Waals surface area (Å²) in [5.74, 6) is 0.876. The topological polar surface area (TPSA) is 64.6 Å². The third-order valence-corrected chi connectivity index (χ3v) is 6.66. The van der Waals surface area contributed by atoms with Gasteiger partial charge in [0.1, 0.15) is 10.8 Å². The number of esters is 1. The van der Waals surface area contributed by atoms with Crippen LogP contribution in [0, 0.1) is 12.8 Å². The zero-order valence-electron chi connectivity index (χ0n) is 18.5. The number of halogens is 1. The van der Waals surface area contributed by atoms with Crippen LogP contribution in [0.4, 0.5) is 5.00 Å². The third-order valence-electron chi connectivity index (χ3n) is 5.25. The molecule has 1 aromatic heterocycles. The Morgan fingerprint density at radius 3 is 2.81 bits per heavy atom. The summed E-state index contributed by atoms with van der Waals surface area (Å²) in [6.07, 6.45) is 3.50. The smallest absolute Gasteiger partial charge is 0.341 e. The van der Waals surface area contributed by atoms with Gasteiger partial charge in [0.2, 0.25) is 5.91 Å². The van der Waals surface area contributed by atoms with Gasteiger partial charge in [-0.2, -0.15) is 0 Å². The molecule has 0 fully saturated rings. The monoisotopic (exact) mass is 463 g/mol. The van der Waals surface area contributed by atoms with Crippen LogP contribution >= 0.6 is 22.9 Å². The van der Waals surface area contributed by atoms with Gasteiger partial charge < -0.3 is 14.8 Å². The standard InChI is InChI=1S/C24H30ClNO4S/c1-14(2)30-24(28)22-18-9-7-15(3)12-20(18)31-23(22)26-21(27)6-5-11-29-19-10-8-17(25)13-16(19)4/h8,10,13-15H,5-7,9,11-12H2,1-4H3,(H,26,27). The highest BCUT2D eigenvalue weighted by atomic mass is 35.5. The van der Waals surface area contributed by atoms with Gasteiger partial charge in [-0.3, -0.25) is 4.79 Å². The van der Waals surface area contributed by atoms with Crippen molar-refractivity contribution in [3.8, 4) is 5.75 Å². The van der Waals surface area contributed by atoms with Gasteiger partial charge in [-0.1, -0.05) is 18.5 Å². The molecule has 0 saturated heterocycles. The average molecular weight is 464 g/mol. The second-order valence-electron chi connectivity index (χ2n) is 8.42. The van der Waals surface area contributed by atoms with Crippen molar-refractivity contribution in [2.24, 2.45) is 5.92 Å². The van der Waals surface area contributed by atoms with Crippen LogP contribution in [-0.4, -0.2) is 24.6 Å². The Bertz CT molecular complexity index is 953. The lowest BCUT2D eigenvalue weighted by atomic mass is 9.88. The number of fused-ring (bicyclic) bond motifs is 1. The van der Waals surface area contributed by atoms with Crippen molar-refractivity contribution in [3.05, 3.63) is 44.8 Å². The summed E-state index contributed by atoms with van der Waals surface area (Å²) >= 11 is 7.48. The van der Waals surface area contributed by atoms with Gasteiger partial charge in [0.05, 0.1) is 18.3 Å². The van der Waals surface area contributed by atoms with Crippen LogP contribution in [0.5, 0.6) is 5.75 Å². The molecule has 1 unspecified atom stereocenters. The number of carbonyl (C=O) groups excluding carboxylic acids is 2. The van der Waals surface area contributed by atoms with Crippen LogP contribution < -0.4 is 10.1 Å². The first kappa shape index (κ1) is 23.6. The third kappa shape index (κ3) is 6.23. The fourth-order valence-electron chi connectivity index (χ4n) is 3.71. The van der Waals surface area contributed by atoms with Gasteiger partial charge in [-0.25, -0.2) is 4.79 Å². The lowest BCUT2D eigenvalue weighted by Gasteiger charge is -2.18. The Morgan fingerprint density at radius 1 is 1.32 bits per heavy atom. The predicted octanol–water partition coefficient (Wildman–Crippen LogP) is 6.20. The van der Waals surface area contributed by atoms with Gasteiger partial charge in [-0.05, 0) is 81.7 Å². The molecule has 1 aromatic carbocycles. The normalized spacial score (nSPS) is 15.5. The van der Waals surface area contributed by atoms with E-state index in [0.717, 1.165) is 36.1 Å². The minimum atomic E-state index is -0.348. The Kier molecular flexibility index (Phi) is 8.00. The van der Waals surface area contributed by atoms with Gasteiger partial charge in [0.15, 0.2) is 0 Å². The minimum absolute atomic E-state index is 0.123. The molecule has 168 valence electrons. The summed E-state index contributed by atoms with van der Waals surface area (Å²) in [6, 6.07) is 5.47. The van der Waals surface area contributed by atoms with Crippen LogP contribution in [0.2, 0.25) is 5.02 Å². The number of amides is 1. The number of benzene rings is 1. The van der Waals surface area contributed by atoms with E-state index in [2.05, 4.69) is 12.2 Å². The molecule has 1 aliphatic carbocycles. The Morgan fingerprint density at radius 2 is 2.10 bits per heavy atom. The van der Waals surface area contributed by atoms with E-state index < -0.39 is 0 Å². The molecule has 0 saturated carbocycles. The molecule has 1 aliphatic rings. The lowest BCUT2D eigenvalue weighted by molar-refractivity contribution is -0.116. The summed E-state index contributed by atoms with van der Waals surface area (Å²) < 4.78 is 11.2. The number of nitrogens with one attached hydrogen (secondary N) is 1. The molecule has 2 aromatic rings. The quantitative estimate of drug-likeness (QED) is 0.374.